The predicted octanol–water partition coefficient (Wildman–Crippen LogP) is 2.62. The summed E-state index contributed by atoms with van der Waals surface area (Å²) in [6, 6.07) is 24.1. The summed E-state index contributed by atoms with van der Waals surface area (Å²) in [6.07, 6.45) is 1.44. The molecule has 158 valence electrons. The molecule has 0 radical (unpaired) electrons. The molecule has 1 amide bonds. The topological polar surface area (TPSA) is 97.2 Å². The molecule has 0 aromatic heterocycles. The Kier molecular flexibility index (Phi) is 7.13. The molecule has 0 aliphatic rings. The van der Waals surface area contributed by atoms with Gasteiger partial charge in [-0.25, -0.2) is 10.2 Å². The Hall–Kier alpha value is -3.97. The highest BCUT2D eigenvalue weighted by atomic mass is 16.6. The Balaban J connectivity index is 1.71. The van der Waals surface area contributed by atoms with Gasteiger partial charge in [-0.2, -0.15) is 5.10 Å². The second-order valence-corrected chi connectivity index (χ2v) is 6.58. The highest BCUT2D eigenvalue weighted by molar-refractivity contribution is 5.91. The summed E-state index contributed by atoms with van der Waals surface area (Å²) in [7, 11) is 1.29. The molecule has 0 aliphatic heterocycles. The van der Waals surface area contributed by atoms with E-state index >= 15 is 0 Å². The molecule has 0 spiro atoms. The summed E-state index contributed by atoms with van der Waals surface area (Å²) < 4.78 is 9.79. The van der Waals surface area contributed by atoms with Crippen LogP contribution < -0.4 is 10.2 Å². The highest BCUT2D eigenvalue weighted by Crippen LogP contribution is 2.29. The third kappa shape index (κ3) is 5.34. The number of nitrogens with zero attached hydrogens (tertiary/aromatic N) is 1. The summed E-state index contributed by atoms with van der Waals surface area (Å²) in [4.78, 5) is 24.1. The molecule has 31 heavy (non-hydrogen) atoms. The first-order valence-electron chi connectivity index (χ1n) is 9.50. The van der Waals surface area contributed by atoms with Gasteiger partial charge in [-0.1, -0.05) is 60.7 Å². The van der Waals surface area contributed by atoms with E-state index in [1.807, 2.05) is 12.1 Å². The molecule has 7 heteroatoms. The van der Waals surface area contributed by atoms with Gasteiger partial charge < -0.3 is 14.6 Å². The molecule has 0 saturated heterocycles. The number of aliphatic hydroxyl groups is 1. The van der Waals surface area contributed by atoms with Gasteiger partial charge in [0.25, 0.3) is 5.91 Å². The fraction of sp³-hybridized carbons (Fsp3) is 0.125. The zero-order valence-electron chi connectivity index (χ0n) is 16.9. The fourth-order valence-electron chi connectivity index (χ4n) is 2.89. The first kappa shape index (κ1) is 21.7. The Morgan fingerprint density at radius 3 is 2.00 bits per heavy atom. The number of hydrazone groups is 1. The van der Waals surface area contributed by atoms with Crippen LogP contribution in [-0.2, 0) is 19.9 Å². The van der Waals surface area contributed by atoms with Gasteiger partial charge >= 0.3 is 5.97 Å². The number of nitrogens with one attached hydrogen (secondary N) is 1. The van der Waals surface area contributed by atoms with E-state index in [4.69, 9.17) is 4.74 Å². The summed E-state index contributed by atoms with van der Waals surface area (Å²) in [5.74, 6) is -0.661. The van der Waals surface area contributed by atoms with E-state index in [0.29, 0.717) is 22.4 Å². The number of hydrogen-bond donors (Lipinski definition) is 2. The van der Waals surface area contributed by atoms with E-state index in [1.54, 1.807) is 72.8 Å². The van der Waals surface area contributed by atoms with Crippen molar-refractivity contribution in [2.75, 3.05) is 13.7 Å². The van der Waals surface area contributed by atoms with E-state index < -0.39 is 17.5 Å². The van der Waals surface area contributed by atoms with Crippen molar-refractivity contribution in [2.24, 2.45) is 5.10 Å². The van der Waals surface area contributed by atoms with Crippen LogP contribution in [0.5, 0.6) is 5.75 Å². The Labute approximate surface area is 179 Å². The summed E-state index contributed by atoms with van der Waals surface area (Å²) in [5, 5.41) is 15.3. The number of amides is 1. The van der Waals surface area contributed by atoms with Gasteiger partial charge in [0.2, 0.25) is 0 Å². The Bertz CT molecular complexity index is 995. The number of benzene rings is 3. The first-order chi connectivity index (χ1) is 15.0. The van der Waals surface area contributed by atoms with Gasteiger partial charge in [0.05, 0.1) is 13.3 Å². The molecule has 0 heterocycles. The van der Waals surface area contributed by atoms with Crippen molar-refractivity contribution in [3.63, 3.8) is 0 Å². The molecular formula is C24H22N2O5. The Morgan fingerprint density at radius 2 is 1.48 bits per heavy atom. The first-order valence-corrected chi connectivity index (χ1v) is 9.50. The molecule has 3 aromatic carbocycles. The number of ether oxygens (including phenoxy) is 2. The Morgan fingerprint density at radius 1 is 0.935 bits per heavy atom. The lowest BCUT2D eigenvalue weighted by molar-refractivity contribution is -0.143. The van der Waals surface area contributed by atoms with Crippen molar-refractivity contribution in [2.45, 2.75) is 5.60 Å². The van der Waals surface area contributed by atoms with Crippen LogP contribution in [0.4, 0.5) is 0 Å². The standard InChI is InChI=1S/C24H22N2O5/c1-30-22(27)17-31-21-14-12-18(13-15-21)16-25-26-23(28)24(29,19-8-4-2-5-9-19)20-10-6-3-7-11-20/h2-16,29H,17H2,1H3,(H,26,28). The van der Waals surface area contributed by atoms with Crippen LogP contribution >= 0.6 is 0 Å². The molecule has 0 fully saturated rings. The van der Waals surface area contributed by atoms with Crippen molar-refractivity contribution in [1.82, 2.24) is 5.43 Å². The molecule has 2 N–H and O–H groups in total. The summed E-state index contributed by atoms with van der Waals surface area (Å²) in [6.45, 7) is -0.183. The van der Waals surface area contributed by atoms with Crippen LogP contribution in [0.1, 0.15) is 16.7 Å². The number of carbonyl (C=O) groups excluding carboxylic acids is 2. The zero-order chi connectivity index (χ0) is 22.1. The van der Waals surface area contributed by atoms with E-state index in [9.17, 15) is 14.7 Å². The zero-order valence-corrected chi connectivity index (χ0v) is 16.9. The third-order valence-electron chi connectivity index (χ3n) is 4.56. The van der Waals surface area contributed by atoms with Crippen molar-refractivity contribution in [3.05, 3.63) is 102 Å². The van der Waals surface area contributed by atoms with Crippen LogP contribution in [0, 0.1) is 0 Å². The van der Waals surface area contributed by atoms with Gasteiger partial charge in [-0.3, -0.25) is 4.79 Å². The van der Waals surface area contributed by atoms with Crippen LogP contribution in [0.15, 0.2) is 90.0 Å². The minimum atomic E-state index is -1.90. The van der Waals surface area contributed by atoms with Gasteiger partial charge in [0.1, 0.15) is 5.75 Å². The number of hydrogen-bond acceptors (Lipinski definition) is 6. The van der Waals surface area contributed by atoms with Crippen molar-refractivity contribution < 1.29 is 24.2 Å². The molecular weight excluding hydrogens is 396 g/mol. The summed E-state index contributed by atoms with van der Waals surface area (Å²) >= 11 is 0. The van der Waals surface area contributed by atoms with Crippen molar-refractivity contribution >= 4 is 18.1 Å². The molecule has 7 nitrogen and oxygen atoms in total. The molecule has 0 saturated carbocycles. The van der Waals surface area contributed by atoms with Crippen LogP contribution in [-0.4, -0.2) is 36.9 Å². The van der Waals surface area contributed by atoms with E-state index in [0.717, 1.165) is 0 Å². The van der Waals surface area contributed by atoms with Gasteiger partial charge in [0, 0.05) is 0 Å². The van der Waals surface area contributed by atoms with Gasteiger partial charge in [-0.15, -0.1) is 0 Å². The minimum absolute atomic E-state index is 0.183. The maximum absolute atomic E-state index is 12.9. The lowest BCUT2D eigenvalue weighted by Crippen LogP contribution is -2.43. The van der Waals surface area contributed by atoms with Crippen molar-refractivity contribution in [3.8, 4) is 5.75 Å². The van der Waals surface area contributed by atoms with Gasteiger partial charge in [0.15, 0.2) is 12.2 Å². The third-order valence-corrected chi connectivity index (χ3v) is 4.56. The van der Waals surface area contributed by atoms with Crippen LogP contribution in [0.25, 0.3) is 0 Å². The number of carbonyl (C=O) groups is 2. The SMILES string of the molecule is COC(=O)COc1ccc(C=NNC(=O)C(O)(c2ccccc2)c2ccccc2)cc1. The van der Waals surface area contributed by atoms with E-state index in [-0.39, 0.29) is 6.61 Å². The average molecular weight is 418 g/mol. The van der Waals surface area contributed by atoms with E-state index in [1.165, 1.54) is 13.3 Å². The molecule has 0 aliphatic carbocycles. The lowest BCUT2D eigenvalue weighted by atomic mass is 9.85. The molecule has 3 rings (SSSR count). The number of rotatable bonds is 8. The average Bonchev–Trinajstić information content (AvgIpc) is 2.83. The molecule has 0 unspecified atom stereocenters. The van der Waals surface area contributed by atoms with E-state index in [2.05, 4.69) is 15.3 Å². The minimum Gasteiger partial charge on any atom is -0.482 e. The number of esters is 1. The normalized spacial score (nSPS) is 11.2. The summed E-state index contributed by atoms with van der Waals surface area (Å²) in [5.41, 5.74) is 2.07. The largest absolute Gasteiger partial charge is 0.482 e. The fourth-order valence-corrected chi connectivity index (χ4v) is 2.89. The predicted molar refractivity (Wildman–Crippen MR) is 116 cm³/mol. The van der Waals surface area contributed by atoms with Crippen molar-refractivity contribution in [1.29, 1.82) is 0 Å². The number of methoxy groups -OCH3 is 1. The lowest BCUT2D eigenvalue weighted by Gasteiger charge is -2.27. The quantitative estimate of drug-likeness (QED) is 0.333. The van der Waals surface area contributed by atoms with Crippen LogP contribution in [0.3, 0.4) is 0 Å². The molecule has 0 atom stereocenters. The monoisotopic (exact) mass is 418 g/mol. The smallest absolute Gasteiger partial charge is 0.343 e. The molecule has 3 aromatic rings. The second-order valence-electron chi connectivity index (χ2n) is 6.58. The second kappa shape index (κ2) is 10.2. The molecule has 0 bridgehead atoms. The maximum Gasteiger partial charge on any atom is 0.343 e. The highest BCUT2D eigenvalue weighted by Gasteiger charge is 2.39. The van der Waals surface area contributed by atoms with Gasteiger partial charge in [-0.05, 0) is 41.0 Å². The van der Waals surface area contributed by atoms with Crippen LogP contribution in [0.2, 0.25) is 0 Å². The maximum atomic E-state index is 12.9.